The average molecular weight is 338 g/mol. The summed E-state index contributed by atoms with van der Waals surface area (Å²) in [6.45, 7) is 2.53. The number of aliphatic imine (C=N–C) groups is 1. The van der Waals surface area contributed by atoms with Gasteiger partial charge in [-0.1, -0.05) is 36.4 Å². The van der Waals surface area contributed by atoms with Gasteiger partial charge >= 0.3 is 0 Å². The number of para-hydroxylation sites is 2. The maximum Gasteiger partial charge on any atom is 0.266 e. The first-order valence-corrected chi connectivity index (χ1v) is 8.52. The van der Waals surface area contributed by atoms with Gasteiger partial charge in [-0.05, 0) is 43.0 Å². The third-order valence-corrected chi connectivity index (χ3v) is 4.62. The Morgan fingerprint density at radius 1 is 1.12 bits per heavy atom. The van der Waals surface area contributed by atoms with E-state index >= 15 is 0 Å². The van der Waals surface area contributed by atoms with Crippen molar-refractivity contribution in [1.29, 1.82) is 0 Å². The molecule has 1 saturated heterocycles. The van der Waals surface area contributed by atoms with Gasteiger partial charge < -0.3 is 4.74 Å². The van der Waals surface area contributed by atoms with Gasteiger partial charge in [-0.15, -0.1) is 0 Å². The molecule has 0 radical (unpaired) electrons. The SMILES string of the molecule is CCN1C(=O)/C(=C\c2ccccc2OC)SC1=Nc1ccccc1. The van der Waals surface area contributed by atoms with Crippen LogP contribution >= 0.6 is 11.8 Å². The number of rotatable bonds is 4. The highest BCUT2D eigenvalue weighted by molar-refractivity contribution is 8.18. The van der Waals surface area contributed by atoms with Gasteiger partial charge in [-0.3, -0.25) is 9.69 Å². The molecular weight excluding hydrogens is 320 g/mol. The number of ether oxygens (including phenoxy) is 1. The maximum atomic E-state index is 12.7. The molecule has 1 heterocycles. The topological polar surface area (TPSA) is 41.9 Å². The number of amidine groups is 1. The van der Waals surface area contributed by atoms with Crippen molar-refractivity contribution < 1.29 is 9.53 Å². The predicted octanol–water partition coefficient (Wildman–Crippen LogP) is 4.32. The molecule has 122 valence electrons. The quantitative estimate of drug-likeness (QED) is 0.780. The van der Waals surface area contributed by atoms with E-state index in [9.17, 15) is 4.79 Å². The van der Waals surface area contributed by atoms with Crippen molar-refractivity contribution in [1.82, 2.24) is 4.90 Å². The minimum atomic E-state index is -0.0249. The van der Waals surface area contributed by atoms with Gasteiger partial charge in [0.05, 0.1) is 17.7 Å². The second-order valence-electron chi connectivity index (χ2n) is 5.13. The second kappa shape index (κ2) is 7.36. The van der Waals surface area contributed by atoms with Crippen LogP contribution in [0, 0.1) is 0 Å². The second-order valence-corrected chi connectivity index (χ2v) is 6.14. The van der Waals surface area contributed by atoms with Crippen molar-refractivity contribution in [3.63, 3.8) is 0 Å². The maximum absolute atomic E-state index is 12.7. The molecule has 1 aliphatic heterocycles. The minimum absolute atomic E-state index is 0.0249. The van der Waals surface area contributed by atoms with Gasteiger partial charge in [0.1, 0.15) is 5.75 Å². The Kier molecular flexibility index (Phi) is 5.01. The van der Waals surface area contributed by atoms with Crippen LogP contribution in [0.4, 0.5) is 5.69 Å². The number of carbonyl (C=O) groups is 1. The number of hydrogen-bond acceptors (Lipinski definition) is 4. The van der Waals surface area contributed by atoms with Crippen molar-refractivity contribution in [2.45, 2.75) is 6.92 Å². The lowest BCUT2D eigenvalue weighted by Gasteiger charge is -2.11. The van der Waals surface area contributed by atoms with Gasteiger partial charge in [0.25, 0.3) is 5.91 Å². The van der Waals surface area contributed by atoms with Crippen LogP contribution < -0.4 is 4.74 Å². The van der Waals surface area contributed by atoms with E-state index in [1.165, 1.54) is 11.8 Å². The van der Waals surface area contributed by atoms with E-state index in [0.717, 1.165) is 17.0 Å². The summed E-state index contributed by atoms with van der Waals surface area (Å²) < 4.78 is 5.36. The third-order valence-electron chi connectivity index (χ3n) is 3.61. The molecule has 0 spiro atoms. The molecule has 0 saturated carbocycles. The fraction of sp³-hybridized carbons (Fsp3) is 0.158. The van der Waals surface area contributed by atoms with Crippen LogP contribution in [-0.2, 0) is 4.79 Å². The highest BCUT2D eigenvalue weighted by atomic mass is 32.2. The van der Waals surface area contributed by atoms with E-state index in [1.54, 1.807) is 12.0 Å². The van der Waals surface area contributed by atoms with Gasteiger partial charge in [0, 0.05) is 12.1 Å². The van der Waals surface area contributed by atoms with E-state index in [0.29, 0.717) is 16.6 Å². The van der Waals surface area contributed by atoms with Crippen LogP contribution in [0.1, 0.15) is 12.5 Å². The zero-order valence-corrected chi connectivity index (χ0v) is 14.4. The smallest absolute Gasteiger partial charge is 0.266 e. The van der Waals surface area contributed by atoms with Crippen LogP contribution in [0.5, 0.6) is 5.75 Å². The van der Waals surface area contributed by atoms with E-state index < -0.39 is 0 Å². The van der Waals surface area contributed by atoms with Gasteiger partial charge in [-0.25, -0.2) is 4.99 Å². The summed E-state index contributed by atoms with van der Waals surface area (Å²) in [5.41, 5.74) is 1.72. The van der Waals surface area contributed by atoms with Crippen molar-refractivity contribution in [3.8, 4) is 5.75 Å². The standard InChI is InChI=1S/C19H18N2O2S/c1-3-21-18(22)17(13-14-9-7-8-12-16(14)23-2)24-19(21)20-15-10-5-4-6-11-15/h4-13H,3H2,1-2H3/b17-13+,20-19?. The number of benzene rings is 2. The number of likely N-dealkylation sites (N-methyl/N-ethyl adjacent to an activating group) is 1. The highest BCUT2D eigenvalue weighted by Crippen LogP contribution is 2.35. The van der Waals surface area contributed by atoms with Crippen molar-refractivity contribution in [3.05, 3.63) is 65.1 Å². The van der Waals surface area contributed by atoms with Gasteiger partial charge in [0.2, 0.25) is 0 Å². The van der Waals surface area contributed by atoms with E-state index in [-0.39, 0.29) is 5.91 Å². The van der Waals surface area contributed by atoms with Crippen molar-refractivity contribution in [2.24, 2.45) is 4.99 Å². The number of carbonyl (C=O) groups excluding carboxylic acids is 1. The van der Waals surface area contributed by atoms with Gasteiger partial charge in [-0.2, -0.15) is 0 Å². The van der Waals surface area contributed by atoms with Crippen LogP contribution in [0.25, 0.3) is 6.08 Å². The Bertz CT molecular complexity index is 800. The van der Waals surface area contributed by atoms with Crippen LogP contribution in [0.15, 0.2) is 64.5 Å². The summed E-state index contributed by atoms with van der Waals surface area (Å²) in [6, 6.07) is 17.3. The molecule has 24 heavy (non-hydrogen) atoms. The molecule has 1 amide bonds. The molecular formula is C19H18N2O2S. The lowest BCUT2D eigenvalue weighted by atomic mass is 10.2. The normalized spacial score (nSPS) is 17.8. The summed E-state index contributed by atoms with van der Waals surface area (Å²) in [5, 5.41) is 0.704. The van der Waals surface area contributed by atoms with Crippen LogP contribution in [-0.4, -0.2) is 29.6 Å². The first kappa shape index (κ1) is 16.3. The number of methoxy groups -OCH3 is 1. The summed E-state index contributed by atoms with van der Waals surface area (Å²) in [4.78, 5) is 19.6. The molecule has 3 rings (SSSR count). The molecule has 0 aliphatic carbocycles. The molecule has 1 fully saturated rings. The number of thioether (sulfide) groups is 1. The Labute approximate surface area is 145 Å². The molecule has 0 unspecified atom stereocenters. The van der Waals surface area contributed by atoms with E-state index in [2.05, 4.69) is 4.99 Å². The average Bonchev–Trinajstić information content (AvgIpc) is 2.91. The molecule has 2 aromatic carbocycles. The van der Waals surface area contributed by atoms with Crippen LogP contribution in [0.3, 0.4) is 0 Å². The van der Waals surface area contributed by atoms with Crippen molar-refractivity contribution in [2.75, 3.05) is 13.7 Å². The first-order valence-electron chi connectivity index (χ1n) is 7.71. The monoisotopic (exact) mass is 338 g/mol. The Balaban J connectivity index is 1.95. The summed E-state index contributed by atoms with van der Waals surface area (Å²) in [5.74, 6) is 0.720. The lowest BCUT2D eigenvalue weighted by Crippen LogP contribution is -2.28. The zero-order chi connectivity index (χ0) is 16.9. The predicted molar refractivity (Wildman–Crippen MR) is 99.5 cm³/mol. The fourth-order valence-corrected chi connectivity index (χ4v) is 3.46. The van der Waals surface area contributed by atoms with E-state index in [1.807, 2.05) is 67.6 Å². The molecule has 4 nitrogen and oxygen atoms in total. The number of hydrogen-bond donors (Lipinski definition) is 0. The molecule has 0 bridgehead atoms. The Hall–Kier alpha value is -2.53. The van der Waals surface area contributed by atoms with Crippen LogP contribution in [0.2, 0.25) is 0 Å². The third kappa shape index (κ3) is 3.36. The zero-order valence-electron chi connectivity index (χ0n) is 13.6. The molecule has 0 N–H and O–H groups in total. The molecule has 0 aromatic heterocycles. The first-order chi connectivity index (χ1) is 11.7. The number of amides is 1. The highest BCUT2D eigenvalue weighted by Gasteiger charge is 2.32. The van der Waals surface area contributed by atoms with E-state index in [4.69, 9.17) is 4.74 Å². The minimum Gasteiger partial charge on any atom is -0.496 e. The lowest BCUT2D eigenvalue weighted by molar-refractivity contribution is -0.122. The summed E-state index contributed by atoms with van der Waals surface area (Å²) in [6.07, 6.45) is 1.86. The Morgan fingerprint density at radius 3 is 2.54 bits per heavy atom. The molecule has 5 heteroatoms. The molecule has 0 atom stereocenters. The fourth-order valence-electron chi connectivity index (χ4n) is 2.41. The largest absolute Gasteiger partial charge is 0.496 e. The van der Waals surface area contributed by atoms with Crippen molar-refractivity contribution >= 4 is 34.6 Å². The Morgan fingerprint density at radius 2 is 1.83 bits per heavy atom. The number of nitrogens with zero attached hydrogens (tertiary/aromatic N) is 2. The molecule has 1 aliphatic rings. The van der Waals surface area contributed by atoms with Gasteiger partial charge in [0.15, 0.2) is 5.17 Å². The summed E-state index contributed by atoms with van der Waals surface area (Å²) in [7, 11) is 1.63. The molecule has 2 aromatic rings. The summed E-state index contributed by atoms with van der Waals surface area (Å²) >= 11 is 1.39.